The number of hydrogen-bond acceptors (Lipinski definition) is 6. The van der Waals surface area contributed by atoms with Crippen LogP contribution in [0.1, 0.15) is 109 Å². The number of H-pyrrole nitrogens is 1. The van der Waals surface area contributed by atoms with Crippen LogP contribution in [0, 0.1) is 0 Å². The van der Waals surface area contributed by atoms with Gasteiger partial charge < -0.3 is 10.4 Å². The van der Waals surface area contributed by atoms with Crippen LogP contribution in [0.2, 0.25) is 0 Å². The molecular weight excluding hydrogens is 468 g/mol. The first-order valence-electron chi connectivity index (χ1n) is 13.0. The lowest BCUT2D eigenvalue weighted by molar-refractivity contribution is 0.101. The molecule has 3 rings (SSSR count). The molecule has 0 saturated heterocycles. The van der Waals surface area contributed by atoms with Gasteiger partial charge >= 0.3 is 0 Å². The fraction of sp³-hybridized carbons (Fsp3) is 0.483. The monoisotopic (exact) mass is 512 g/mol. The van der Waals surface area contributed by atoms with E-state index in [4.69, 9.17) is 0 Å². The molecule has 0 fully saturated rings. The highest BCUT2D eigenvalue weighted by atomic mass is 32.1. The third-order valence-corrected chi connectivity index (χ3v) is 6.27. The molecule has 3 heterocycles. The maximum absolute atomic E-state index is 12.1. The van der Waals surface area contributed by atoms with Crippen molar-refractivity contribution in [3.63, 3.8) is 0 Å². The molecule has 6 nitrogen and oxygen atoms in total. The second-order valence-corrected chi connectivity index (χ2v) is 9.62. The van der Waals surface area contributed by atoms with Gasteiger partial charge in [0.25, 0.3) is 5.56 Å². The highest BCUT2D eigenvalue weighted by molar-refractivity contribution is 7.13. The fourth-order valence-electron chi connectivity index (χ4n) is 3.41. The third-order valence-electron chi connectivity index (χ3n) is 5.37. The average Bonchev–Trinajstić information content (AvgIpc) is 3.48. The topological polar surface area (TPSA) is 86.9 Å². The summed E-state index contributed by atoms with van der Waals surface area (Å²) in [7, 11) is 0. The van der Waals surface area contributed by atoms with Crippen molar-refractivity contribution in [1.82, 2.24) is 20.8 Å². The minimum atomic E-state index is -0.262. The van der Waals surface area contributed by atoms with Gasteiger partial charge in [-0.15, -0.1) is 11.3 Å². The van der Waals surface area contributed by atoms with E-state index in [9.17, 15) is 9.59 Å². The summed E-state index contributed by atoms with van der Waals surface area (Å²) in [5.74, 6) is -0.105. The standard InChI is InChI=1S/C18H18N4O2S.C8H18.C3H8/c1-4-5-6-13-10(2)21-22-16(13)15-9-25-18(20-15)14-7-12(11(3)23)8-19-17(14)24;1-3-5-7-8-6-4-2;1-3-2/h4-9,16,21-22H,1H2,2-3H3,(H,19,24);3-8H2,1-2H3;3H2,1-2H3/b6-5-;;. The first kappa shape index (κ1) is 31.3. The SMILES string of the molecule is C=C/C=C\C1=C(C)NNC1c1csc(-c2cc(C(C)=O)c[nH]c2=O)n1.CCC.CCCCCCCC. The number of unbranched alkanes of at least 4 members (excludes halogenated alkanes) is 5. The number of carbonyl (C=O) groups is 1. The molecule has 2 aromatic heterocycles. The third kappa shape index (κ3) is 10.1. The quantitative estimate of drug-likeness (QED) is 0.173. The van der Waals surface area contributed by atoms with Gasteiger partial charge in [0.1, 0.15) is 5.01 Å². The Bertz CT molecular complexity index is 1060. The van der Waals surface area contributed by atoms with Gasteiger partial charge in [0.15, 0.2) is 5.78 Å². The Hall–Kier alpha value is -2.77. The predicted molar refractivity (Wildman–Crippen MR) is 154 cm³/mol. The molecule has 7 heteroatoms. The summed E-state index contributed by atoms with van der Waals surface area (Å²) in [6.07, 6.45) is 16.7. The van der Waals surface area contributed by atoms with Gasteiger partial charge in [0.2, 0.25) is 0 Å². The van der Waals surface area contributed by atoms with Gasteiger partial charge in [-0.2, -0.15) is 0 Å². The molecule has 1 aliphatic heterocycles. The minimum Gasteiger partial charge on any atom is -0.328 e. The number of nitrogens with zero attached hydrogens (tertiary/aromatic N) is 1. The number of aromatic amines is 1. The number of rotatable bonds is 10. The first-order chi connectivity index (χ1) is 17.3. The molecule has 0 radical (unpaired) electrons. The number of hydrogen-bond donors (Lipinski definition) is 3. The molecule has 198 valence electrons. The Labute approximate surface area is 221 Å². The number of nitrogens with one attached hydrogen (secondary N) is 3. The Kier molecular flexibility index (Phi) is 15.3. The highest BCUT2D eigenvalue weighted by Gasteiger charge is 2.25. The lowest BCUT2D eigenvalue weighted by Gasteiger charge is -2.09. The van der Waals surface area contributed by atoms with E-state index in [-0.39, 0.29) is 17.4 Å². The van der Waals surface area contributed by atoms with Crippen LogP contribution in [-0.2, 0) is 0 Å². The zero-order valence-electron chi connectivity index (χ0n) is 22.9. The largest absolute Gasteiger partial charge is 0.328 e. The van der Waals surface area contributed by atoms with E-state index in [0.29, 0.717) is 16.1 Å². The highest BCUT2D eigenvalue weighted by Crippen LogP contribution is 2.31. The number of allylic oxidation sites excluding steroid dienone is 3. The van der Waals surface area contributed by atoms with Crippen molar-refractivity contribution in [3.05, 3.63) is 75.3 Å². The van der Waals surface area contributed by atoms with E-state index in [2.05, 4.69) is 55.1 Å². The van der Waals surface area contributed by atoms with E-state index in [1.807, 2.05) is 24.5 Å². The van der Waals surface area contributed by atoms with Gasteiger partial charge in [-0.1, -0.05) is 97.4 Å². The van der Waals surface area contributed by atoms with E-state index in [1.54, 1.807) is 12.1 Å². The van der Waals surface area contributed by atoms with Crippen molar-refractivity contribution < 1.29 is 4.79 Å². The lowest BCUT2D eigenvalue weighted by Crippen LogP contribution is -2.26. The van der Waals surface area contributed by atoms with E-state index in [0.717, 1.165) is 17.0 Å². The number of Topliss-reactive ketones (excluding diaryl/α,β-unsaturated/α-hetero) is 1. The predicted octanol–water partition coefficient (Wildman–Crippen LogP) is 7.65. The average molecular weight is 513 g/mol. The lowest BCUT2D eigenvalue weighted by atomic mass is 10.0. The molecule has 2 aromatic rings. The van der Waals surface area contributed by atoms with Crippen LogP contribution < -0.4 is 16.4 Å². The van der Waals surface area contributed by atoms with Crippen LogP contribution >= 0.6 is 11.3 Å². The summed E-state index contributed by atoms with van der Waals surface area (Å²) in [6, 6.07) is 1.47. The number of hydrazine groups is 1. The summed E-state index contributed by atoms with van der Waals surface area (Å²) < 4.78 is 0. The Morgan fingerprint density at radius 2 is 1.78 bits per heavy atom. The zero-order valence-corrected chi connectivity index (χ0v) is 23.7. The molecule has 0 spiro atoms. The molecule has 3 N–H and O–H groups in total. The minimum absolute atomic E-state index is 0.105. The van der Waals surface area contributed by atoms with Gasteiger partial charge in [-0.3, -0.25) is 9.59 Å². The molecule has 1 unspecified atom stereocenters. The van der Waals surface area contributed by atoms with Gasteiger partial charge in [-0.05, 0) is 25.5 Å². The summed E-state index contributed by atoms with van der Waals surface area (Å²) in [5, 5.41) is 2.49. The number of ketones is 1. The van der Waals surface area contributed by atoms with Crippen LogP contribution in [0.15, 0.2) is 58.5 Å². The van der Waals surface area contributed by atoms with Crippen LogP contribution in [0.4, 0.5) is 0 Å². The summed E-state index contributed by atoms with van der Waals surface area (Å²) >= 11 is 1.37. The number of thiazole rings is 1. The molecule has 1 atom stereocenters. The number of pyridine rings is 1. The smallest absolute Gasteiger partial charge is 0.258 e. The Morgan fingerprint density at radius 3 is 2.33 bits per heavy atom. The Balaban J connectivity index is 0.000000498. The van der Waals surface area contributed by atoms with E-state index >= 15 is 0 Å². The molecule has 0 aliphatic carbocycles. The van der Waals surface area contributed by atoms with Crippen molar-refractivity contribution >= 4 is 17.1 Å². The molecule has 36 heavy (non-hydrogen) atoms. The Morgan fingerprint density at radius 1 is 1.14 bits per heavy atom. The van der Waals surface area contributed by atoms with Crippen molar-refractivity contribution in [1.29, 1.82) is 0 Å². The molecule has 0 amide bonds. The second-order valence-electron chi connectivity index (χ2n) is 8.76. The van der Waals surface area contributed by atoms with Crippen LogP contribution in [0.5, 0.6) is 0 Å². The number of aromatic nitrogens is 2. The van der Waals surface area contributed by atoms with Gasteiger partial charge in [-0.25, -0.2) is 10.4 Å². The van der Waals surface area contributed by atoms with Crippen LogP contribution in [0.3, 0.4) is 0 Å². The second kappa shape index (κ2) is 17.6. The van der Waals surface area contributed by atoms with Crippen molar-refractivity contribution in [2.75, 3.05) is 0 Å². The number of carbonyl (C=O) groups excluding carboxylic acids is 1. The molecule has 1 aliphatic rings. The van der Waals surface area contributed by atoms with E-state index < -0.39 is 0 Å². The summed E-state index contributed by atoms with van der Waals surface area (Å²) in [5.41, 5.74) is 9.76. The zero-order chi connectivity index (χ0) is 26.9. The van der Waals surface area contributed by atoms with Gasteiger partial charge in [0, 0.05) is 22.8 Å². The molecule has 0 saturated carbocycles. The maximum Gasteiger partial charge on any atom is 0.258 e. The molecule has 0 bridgehead atoms. The maximum atomic E-state index is 12.1. The normalized spacial score (nSPS) is 14.6. The summed E-state index contributed by atoms with van der Waals surface area (Å²) in [4.78, 5) is 30.9. The van der Waals surface area contributed by atoms with E-state index in [1.165, 1.54) is 69.4 Å². The van der Waals surface area contributed by atoms with Crippen molar-refractivity contribution in [3.8, 4) is 10.6 Å². The molecule has 0 aromatic carbocycles. The summed E-state index contributed by atoms with van der Waals surface area (Å²) in [6.45, 7) is 15.9. The van der Waals surface area contributed by atoms with Crippen LogP contribution in [-0.4, -0.2) is 15.8 Å². The van der Waals surface area contributed by atoms with Crippen molar-refractivity contribution in [2.45, 2.75) is 92.5 Å². The fourth-order valence-corrected chi connectivity index (χ4v) is 4.27. The van der Waals surface area contributed by atoms with Crippen molar-refractivity contribution in [2.24, 2.45) is 0 Å². The first-order valence-corrected chi connectivity index (χ1v) is 13.9. The van der Waals surface area contributed by atoms with Crippen LogP contribution in [0.25, 0.3) is 10.6 Å². The molecular formula is C29H44N4O2S. The van der Waals surface area contributed by atoms with Gasteiger partial charge in [0.05, 0.1) is 17.3 Å².